The van der Waals surface area contributed by atoms with Crippen molar-refractivity contribution in [1.29, 1.82) is 0 Å². The first-order valence-corrected chi connectivity index (χ1v) is 3.43. The zero-order valence-corrected chi connectivity index (χ0v) is 6.68. The standard InChI is InChI=1S/C7H5F4NO2/c8-5-2-12-4(3-13)1-6(5)14-7(9,10)11/h1-2,13H,3H2. The van der Waals surface area contributed by atoms with E-state index in [0.29, 0.717) is 12.3 Å². The van der Waals surface area contributed by atoms with E-state index < -0.39 is 24.5 Å². The molecule has 0 amide bonds. The van der Waals surface area contributed by atoms with E-state index in [2.05, 4.69) is 9.72 Å². The van der Waals surface area contributed by atoms with E-state index in [1.54, 1.807) is 0 Å². The molecule has 1 N–H and O–H groups in total. The highest BCUT2D eigenvalue weighted by atomic mass is 19.4. The molecule has 0 atom stereocenters. The first-order valence-electron chi connectivity index (χ1n) is 3.43. The number of aliphatic hydroxyl groups excluding tert-OH is 1. The lowest BCUT2D eigenvalue weighted by atomic mass is 10.3. The molecule has 14 heavy (non-hydrogen) atoms. The van der Waals surface area contributed by atoms with Gasteiger partial charge >= 0.3 is 6.36 Å². The van der Waals surface area contributed by atoms with Crippen LogP contribution >= 0.6 is 0 Å². The largest absolute Gasteiger partial charge is 0.573 e. The van der Waals surface area contributed by atoms with Crippen LogP contribution in [0.4, 0.5) is 17.6 Å². The highest BCUT2D eigenvalue weighted by Crippen LogP contribution is 2.25. The molecule has 0 fully saturated rings. The molecule has 0 aliphatic heterocycles. The summed E-state index contributed by atoms with van der Waals surface area (Å²) < 4.78 is 51.1. The molecule has 0 bridgehead atoms. The van der Waals surface area contributed by atoms with Crippen molar-refractivity contribution in [3.05, 3.63) is 23.8 Å². The van der Waals surface area contributed by atoms with E-state index >= 15 is 0 Å². The van der Waals surface area contributed by atoms with Gasteiger partial charge in [0.05, 0.1) is 18.5 Å². The Kier molecular flexibility index (Phi) is 2.90. The molecule has 1 aromatic heterocycles. The molecule has 0 aliphatic rings. The van der Waals surface area contributed by atoms with Crippen molar-refractivity contribution in [3.63, 3.8) is 0 Å². The molecule has 1 heterocycles. The van der Waals surface area contributed by atoms with Crippen LogP contribution in [-0.4, -0.2) is 16.5 Å². The van der Waals surface area contributed by atoms with Crippen LogP contribution in [0.1, 0.15) is 5.69 Å². The summed E-state index contributed by atoms with van der Waals surface area (Å²) in [7, 11) is 0. The lowest BCUT2D eigenvalue weighted by Crippen LogP contribution is -2.18. The Hall–Kier alpha value is -1.37. The zero-order chi connectivity index (χ0) is 10.8. The number of aliphatic hydroxyl groups is 1. The monoisotopic (exact) mass is 211 g/mol. The molecular weight excluding hydrogens is 206 g/mol. The third-order valence-electron chi connectivity index (χ3n) is 1.26. The topological polar surface area (TPSA) is 42.4 Å². The van der Waals surface area contributed by atoms with Gasteiger partial charge in [-0.05, 0) is 0 Å². The molecule has 1 rings (SSSR count). The number of ether oxygens (including phenoxy) is 1. The van der Waals surface area contributed by atoms with Crippen molar-refractivity contribution < 1.29 is 27.4 Å². The fraction of sp³-hybridized carbons (Fsp3) is 0.286. The van der Waals surface area contributed by atoms with Crippen LogP contribution in [0.3, 0.4) is 0 Å². The maximum atomic E-state index is 12.7. The predicted octanol–water partition coefficient (Wildman–Crippen LogP) is 1.61. The third-order valence-corrected chi connectivity index (χ3v) is 1.26. The number of aromatic nitrogens is 1. The van der Waals surface area contributed by atoms with Crippen molar-refractivity contribution in [2.75, 3.05) is 0 Å². The summed E-state index contributed by atoms with van der Waals surface area (Å²) in [6, 6.07) is 0.683. The Labute approximate surface area is 76.0 Å². The van der Waals surface area contributed by atoms with Gasteiger partial charge in [-0.25, -0.2) is 4.39 Å². The molecule has 1 aromatic rings. The Morgan fingerprint density at radius 1 is 1.43 bits per heavy atom. The SMILES string of the molecule is OCc1cc(OC(F)(F)F)c(F)cn1. The van der Waals surface area contributed by atoms with Crippen molar-refractivity contribution in [1.82, 2.24) is 4.98 Å². The number of hydrogen-bond donors (Lipinski definition) is 1. The lowest BCUT2D eigenvalue weighted by molar-refractivity contribution is -0.275. The third kappa shape index (κ3) is 2.84. The van der Waals surface area contributed by atoms with Gasteiger partial charge in [0, 0.05) is 6.07 Å². The van der Waals surface area contributed by atoms with Gasteiger partial charge in [-0.1, -0.05) is 0 Å². The lowest BCUT2D eigenvalue weighted by Gasteiger charge is -2.09. The molecule has 0 radical (unpaired) electrons. The predicted molar refractivity (Wildman–Crippen MR) is 36.8 cm³/mol. The minimum Gasteiger partial charge on any atom is -0.403 e. The molecule has 0 saturated carbocycles. The molecule has 0 spiro atoms. The summed E-state index contributed by atoms with van der Waals surface area (Å²) in [4.78, 5) is 3.32. The van der Waals surface area contributed by atoms with Crippen LogP contribution < -0.4 is 4.74 Å². The van der Waals surface area contributed by atoms with Gasteiger partial charge in [0.1, 0.15) is 0 Å². The maximum absolute atomic E-state index is 12.7. The summed E-state index contributed by atoms with van der Waals surface area (Å²) in [6.45, 7) is -0.589. The zero-order valence-electron chi connectivity index (χ0n) is 6.68. The summed E-state index contributed by atoms with van der Waals surface area (Å²) in [5, 5.41) is 8.53. The molecule has 0 unspecified atom stereocenters. The second-order valence-electron chi connectivity index (χ2n) is 2.31. The van der Waals surface area contributed by atoms with Crippen LogP contribution in [0.15, 0.2) is 12.3 Å². The normalized spacial score (nSPS) is 11.5. The Bertz CT molecular complexity index is 326. The summed E-state index contributed by atoms with van der Waals surface area (Å²) in [6.07, 6.45) is -4.42. The second kappa shape index (κ2) is 3.79. The molecule has 3 nitrogen and oxygen atoms in total. The summed E-state index contributed by atoms with van der Waals surface area (Å²) in [5.74, 6) is -2.24. The second-order valence-corrected chi connectivity index (χ2v) is 2.31. The minimum atomic E-state index is -4.96. The fourth-order valence-corrected chi connectivity index (χ4v) is 0.750. The molecule has 7 heteroatoms. The summed E-state index contributed by atoms with van der Waals surface area (Å²) in [5.41, 5.74) is -0.106. The van der Waals surface area contributed by atoms with E-state index in [1.807, 2.05) is 0 Å². The smallest absolute Gasteiger partial charge is 0.403 e. The van der Waals surface area contributed by atoms with Gasteiger partial charge in [-0.2, -0.15) is 0 Å². The number of pyridine rings is 1. The average Bonchev–Trinajstić information content (AvgIpc) is 2.06. The van der Waals surface area contributed by atoms with Gasteiger partial charge in [0.25, 0.3) is 0 Å². The van der Waals surface area contributed by atoms with Gasteiger partial charge in [-0.15, -0.1) is 13.2 Å². The Morgan fingerprint density at radius 3 is 2.57 bits per heavy atom. The molecule has 78 valence electrons. The van der Waals surface area contributed by atoms with Gasteiger partial charge in [-0.3, -0.25) is 4.98 Å². The molecule has 0 aliphatic carbocycles. The van der Waals surface area contributed by atoms with E-state index in [-0.39, 0.29) is 5.69 Å². The van der Waals surface area contributed by atoms with Crippen LogP contribution in [0, 0.1) is 5.82 Å². The van der Waals surface area contributed by atoms with Crippen molar-refractivity contribution >= 4 is 0 Å². The average molecular weight is 211 g/mol. The van der Waals surface area contributed by atoms with E-state index in [9.17, 15) is 17.6 Å². The van der Waals surface area contributed by atoms with Crippen molar-refractivity contribution in [3.8, 4) is 5.75 Å². The van der Waals surface area contributed by atoms with E-state index in [4.69, 9.17) is 5.11 Å². The molecule has 0 saturated heterocycles. The Morgan fingerprint density at radius 2 is 2.07 bits per heavy atom. The van der Waals surface area contributed by atoms with Crippen LogP contribution in [-0.2, 0) is 6.61 Å². The van der Waals surface area contributed by atoms with E-state index in [1.165, 1.54) is 0 Å². The number of rotatable bonds is 2. The van der Waals surface area contributed by atoms with Crippen molar-refractivity contribution in [2.24, 2.45) is 0 Å². The van der Waals surface area contributed by atoms with Gasteiger partial charge in [0.15, 0.2) is 11.6 Å². The van der Waals surface area contributed by atoms with Gasteiger partial charge < -0.3 is 9.84 Å². The van der Waals surface area contributed by atoms with Crippen LogP contribution in [0.2, 0.25) is 0 Å². The number of hydrogen-bond acceptors (Lipinski definition) is 3. The van der Waals surface area contributed by atoms with Crippen LogP contribution in [0.25, 0.3) is 0 Å². The number of nitrogens with zero attached hydrogens (tertiary/aromatic N) is 1. The van der Waals surface area contributed by atoms with Crippen molar-refractivity contribution in [2.45, 2.75) is 13.0 Å². The number of halogens is 4. The van der Waals surface area contributed by atoms with Crippen LogP contribution in [0.5, 0.6) is 5.75 Å². The number of alkyl halides is 3. The molecule has 0 aromatic carbocycles. The fourth-order valence-electron chi connectivity index (χ4n) is 0.750. The molecular formula is C7H5F4NO2. The minimum absolute atomic E-state index is 0.106. The highest BCUT2D eigenvalue weighted by molar-refractivity contribution is 5.24. The quantitative estimate of drug-likeness (QED) is 0.755. The Balaban J connectivity index is 2.95. The first kappa shape index (κ1) is 10.7. The van der Waals surface area contributed by atoms with Gasteiger partial charge in [0.2, 0.25) is 0 Å². The summed E-state index contributed by atoms with van der Waals surface area (Å²) >= 11 is 0. The first-order chi connectivity index (χ1) is 6.42. The highest BCUT2D eigenvalue weighted by Gasteiger charge is 2.32. The maximum Gasteiger partial charge on any atom is 0.573 e. The van der Waals surface area contributed by atoms with E-state index in [0.717, 1.165) is 0 Å².